The minimum absolute atomic E-state index is 0.489. The van der Waals surface area contributed by atoms with Gasteiger partial charge in [0.05, 0.1) is 25.3 Å². The topological polar surface area (TPSA) is 45.5 Å². The number of hydrogen-bond acceptors (Lipinski definition) is 4. The SMILES string of the molecule is COc1ccc2c(c1)nc(-c1ccc(OCc3ccccc3)c(OC)c1)n2C. The van der Waals surface area contributed by atoms with Crippen LogP contribution in [0.15, 0.2) is 66.7 Å². The molecule has 4 rings (SSSR count). The smallest absolute Gasteiger partial charge is 0.161 e. The summed E-state index contributed by atoms with van der Waals surface area (Å²) in [6.45, 7) is 0.489. The molecule has 0 aliphatic rings. The molecular weight excluding hydrogens is 352 g/mol. The lowest BCUT2D eigenvalue weighted by atomic mass is 10.2. The molecule has 0 radical (unpaired) electrons. The van der Waals surface area contributed by atoms with E-state index in [1.807, 2.05) is 73.8 Å². The Bertz CT molecular complexity index is 1100. The second-order valence-corrected chi connectivity index (χ2v) is 6.49. The highest BCUT2D eigenvalue weighted by molar-refractivity contribution is 5.82. The van der Waals surface area contributed by atoms with Crippen LogP contribution >= 0.6 is 0 Å². The van der Waals surface area contributed by atoms with Gasteiger partial charge in [0, 0.05) is 18.7 Å². The molecule has 1 heterocycles. The van der Waals surface area contributed by atoms with E-state index in [1.165, 1.54) is 0 Å². The molecule has 3 aromatic carbocycles. The van der Waals surface area contributed by atoms with Crippen LogP contribution in [0.4, 0.5) is 0 Å². The van der Waals surface area contributed by atoms with Crippen molar-refractivity contribution in [2.75, 3.05) is 14.2 Å². The summed E-state index contributed by atoms with van der Waals surface area (Å²) in [4.78, 5) is 4.78. The Balaban J connectivity index is 1.65. The monoisotopic (exact) mass is 374 g/mol. The molecule has 0 saturated heterocycles. The third kappa shape index (κ3) is 3.39. The quantitative estimate of drug-likeness (QED) is 0.485. The highest BCUT2D eigenvalue weighted by Crippen LogP contribution is 2.34. The summed E-state index contributed by atoms with van der Waals surface area (Å²) in [5.74, 6) is 3.03. The first-order valence-electron chi connectivity index (χ1n) is 9.05. The maximum atomic E-state index is 5.96. The molecule has 28 heavy (non-hydrogen) atoms. The first-order valence-corrected chi connectivity index (χ1v) is 9.05. The average Bonchev–Trinajstić information content (AvgIpc) is 3.08. The highest BCUT2D eigenvalue weighted by atomic mass is 16.5. The zero-order valence-electron chi connectivity index (χ0n) is 16.2. The van der Waals surface area contributed by atoms with Crippen molar-refractivity contribution < 1.29 is 14.2 Å². The van der Waals surface area contributed by atoms with Gasteiger partial charge in [0.25, 0.3) is 0 Å². The molecule has 0 bridgehead atoms. The van der Waals surface area contributed by atoms with Gasteiger partial charge in [-0.05, 0) is 35.9 Å². The Labute approximate surface area is 164 Å². The molecule has 1 aromatic heterocycles. The summed E-state index contributed by atoms with van der Waals surface area (Å²) < 4.78 is 18.9. The van der Waals surface area contributed by atoms with Gasteiger partial charge in [0.2, 0.25) is 0 Å². The number of hydrogen-bond donors (Lipinski definition) is 0. The summed E-state index contributed by atoms with van der Waals surface area (Å²) in [6.07, 6.45) is 0. The van der Waals surface area contributed by atoms with E-state index in [9.17, 15) is 0 Å². The Morgan fingerprint density at radius 1 is 0.857 bits per heavy atom. The maximum absolute atomic E-state index is 5.96. The van der Waals surface area contributed by atoms with Crippen LogP contribution in [0.5, 0.6) is 17.2 Å². The van der Waals surface area contributed by atoms with Crippen molar-refractivity contribution in [2.45, 2.75) is 6.61 Å². The lowest BCUT2D eigenvalue weighted by molar-refractivity contribution is 0.284. The fourth-order valence-corrected chi connectivity index (χ4v) is 3.23. The molecule has 0 unspecified atom stereocenters. The molecule has 0 aliphatic heterocycles. The number of aromatic nitrogens is 2. The van der Waals surface area contributed by atoms with Crippen LogP contribution in [-0.4, -0.2) is 23.8 Å². The van der Waals surface area contributed by atoms with Crippen LogP contribution in [0, 0.1) is 0 Å². The Morgan fingerprint density at radius 2 is 1.68 bits per heavy atom. The van der Waals surface area contributed by atoms with Crippen molar-refractivity contribution >= 4 is 11.0 Å². The van der Waals surface area contributed by atoms with Gasteiger partial charge in [0.15, 0.2) is 11.5 Å². The van der Waals surface area contributed by atoms with E-state index in [-0.39, 0.29) is 0 Å². The second kappa shape index (κ2) is 7.64. The average molecular weight is 374 g/mol. The van der Waals surface area contributed by atoms with Crippen LogP contribution in [0.2, 0.25) is 0 Å². The molecule has 0 amide bonds. The van der Waals surface area contributed by atoms with E-state index in [4.69, 9.17) is 19.2 Å². The minimum Gasteiger partial charge on any atom is -0.497 e. The third-order valence-electron chi connectivity index (χ3n) is 4.75. The third-order valence-corrected chi connectivity index (χ3v) is 4.75. The number of imidazole rings is 1. The summed E-state index contributed by atoms with van der Waals surface area (Å²) in [5, 5.41) is 0. The van der Waals surface area contributed by atoms with Crippen molar-refractivity contribution in [1.82, 2.24) is 9.55 Å². The van der Waals surface area contributed by atoms with Gasteiger partial charge in [0.1, 0.15) is 18.2 Å². The molecule has 0 spiro atoms. The van der Waals surface area contributed by atoms with Gasteiger partial charge in [-0.25, -0.2) is 4.98 Å². The zero-order chi connectivity index (χ0) is 19.5. The van der Waals surface area contributed by atoms with Gasteiger partial charge in [-0.3, -0.25) is 0 Å². The van der Waals surface area contributed by atoms with Gasteiger partial charge < -0.3 is 18.8 Å². The highest BCUT2D eigenvalue weighted by Gasteiger charge is 2.14. The lowest BCUT2D eigenvalue weighted by Gasteiger charge is -2.12. The summed E-state index contributed by atoms with van der Waals surface area (Å²) in [5.41, 5.74) is 4.00. The predicted octanol–water partition coefficient (Wildman–Crippen LogP) is 4.84. The Morgan fingerprint density at radius 3 is 2.43 bits per heavy atom. The van der Waals surface area contributed by atoms with E-state index in [0.29, 0.717) is 18.1 Å². The molecule has 0 saturated carbocycles. The van der Waals surface area contributed by atoms with Crippen LogP contribution in [-0.2, 0) is 13.7 Å². The lowest BCUT2D eigenvalue weighted by Crippen LogP contribution is -1.98. The molecule has 0 N–H and O–H groups in total. The van der Waals surface area contributed by atoms with Crippen molar-refractivity contribution in [3.8, 4) is 28.6 Å². The van der Waals surface area contributed by atoms with Crippen LogP contribution in [0.3, 0.4) is 0 Å². The normalized spacial score (nSPS) is 10.8. The first kappa shape index (κ1) is 17.9. The number of ether oxygens (including phenoxy) is 3. The van der Waals surface area contributed by atoms with E-state index in [1.54, 1.807) is 14.2 Å². The van der Waals surface area contributed by atoms with Crippen LogP contribution in [0.1, 0.15) is 5.56 Å². The van der Waals surface area contributed by atoms with Crippen molar-refractivity contribution in [3.63, 3.8) is 0 Å². The number of nitrogens with zero attached hydrogens (tertiary/aromatic N) is 2. The van der Waals surface area contributed by atoms with Gasteiger partial charge in [-0.2, -0.15) is 0 Å². The van der Waals surface area contributed by atoms with Crippen molar-refractivity contribution in [3.05, 3.63) is 72.3 Å². The summed E-state index contributed by atoms with van der Waals surface area (Å²) >= 11 is 0. The molecule has 0 aliphatic carbocycles. The van der Waals surface area contributed by atoms with E-state index in [0.717, 1.165) is 33.7 Å². The Hall–Kier alpha value is -3.47. The van der Waals surface area contributed by atoms with Gasteiger partial charge in [-0.1, -0.05) is 30.3 Å². The van der Waals surface area contributed by atoms with Crippen LogP contribution in [0.25, 0.3) is 22.4 Å². The van der Waals surface area contributed by atoms with E-state index >= 15 is 0 Å². The van der Waals surface area contributed by atoms with Gasteiger partial charge in [-0.15, -0.1) is 0 Å². The Kier molecular flexibility index (Phi) is 4.89. The fourth-order valence-electron chi connectivity index (χ4n) is 3.23. The van der Waals surface area contributed by atoms with Crippen molar-refractivity contribution in [2.24, 2.45) is 7.05 Å². The zero-order valence-corrected chi connectivity index (χ0v) is 16.2. The number of methoxy groups -OCH3 is 2. The molecule has 142 valence electrons. The molecule has 0 fully saturated rings. The maximum Gasteiger partial charge on any atom is 0.161 e. The van der Waals surface area contributed by atoms with E-state index in [2.05, 4.69) is 4.57 Å². The largest absolute Gasteiger partial charge is 0.497 e. The second-order valence-electron chi connectivity index (χ2n) is 6.49. The summed E-state index contributed by atoms with van der Waals surface area (Å²) in [7, 11) is 5.31. The fraction of sp³-hybridized carbons (Fsp3) is 0.174. The van der Waals surface area contributed by atoms with Crippen LogP contribution < -0.4 is 14.2 Å². The van der Waals surface area contributed by atoms with Gasteiger partial charge >= 0.3 is 0 Å². The molecule has 5 heteroatoms. The van der Waals surface area contributed by atoms with Crippen molar-refractivity contribution in [1.29, 1.82) is 0 Å². The molecule has 4 aromatic rings. The molecular formula is C23H22N2O3. The number of benzene rings is 3. The predicted molar refractivity (Wildman–Crippen MR) is 110 cm³/mol. The number of aryl methyl sites for hydroxylation is 1. The number of fused-ring (bicyclic) bond motifs is 1. The molecule has 5 nitrogen and oxygen atoms in total. The number of rotatable bonds is 6. The summed E-state index contributed by atoms with van der Waals surface area (Å²) in [6, 6.07) is 21.8. The molecule has 0 atom stereocenters. The standard InChI is InChI=1S/C23H22N2O3/c1-25-20-11-10-18(26-2)14-19(20)24-23(25)17-9-12-21(22(13-17)27-3)28-15-16-7-5-4-6-8-16/h4-14H,15H2,1-3H3. The van der Waals surface area contributed by atoms with E-state index < -0.39 is 0 Å². The minimum atomic E-state index is 0.489. The first-order chi connectivity index (χ1) is 13.7.